The first-order chi connectivity index (χ1) is 5.18. The molecule has 1 rings (SSSR count). The summed E-state index contributed by atoms with van der Waals surface area (Å²) >= 11 is 0. The fraction of sp³-hybridized carbons (Fsp3) is 0.444. The van der Waals surface area contributed by atoms with E-state index < -0.39 is 0 Å². The van der Waals surface area contributed by atoms with Gasteiger partial charge in [0.05, 0.1) is 6.10 Å². The molecule has 0 amide bonds. The van der Waals surface area contributed by atoms with Gasteiger partial charge in [-0.3, -0.25) is 4.98 Å². The van der Waals surface area contributed by atoms with Gasteiger partial charge in [0.2, 0.25) is 0 Å². The normalized spacial score (nSPS) is 13.0. The molecule has 0 spiro atoms. The molecule has 1 heterocycles. The molecule has 1 atom stereocenters. The van der Waals surface area contributed by atoms with Crippen LogP contribution in [0.25, 0.3) is 0 Å². The summed E-state index contributed by atoms with van der Waals surface area (Å²) in [7, 11) is 0. The van der Waals surface area contributed by atoms with Crippen LogP contribution in [0.1, 0.15) is 18.1 Å². The second-order valence-electron chi connectivity index (χ2n) is 2.92. The lowest BCUT2D eigenvalue weighted by Crippen LogP contribution is -2.04. The zero-order chi connectivity index (χ0) is 8.27. The van der Waals surface area contributed by atoms with Crippen LogP contribution in [0.15, 0.2) is 18.5 Å². The van der Waals surface area contributed by atoms with Crippen LogP contribution in [0.4, 0.5) is 0 Å². The minimum Gasteiger partial charge on any atom is -0.393 e. The van der Waals surface area contributed by atoms with Crippen LogP contribution >= 0.6 is 0 Å². The van der Waals surface area contributed by atoms with E-state index >= 15 is 0 Å². The Morgan fingerprint density at radius 1 is 1.55 bits per heavy atom. The highest BCUT2D eigenvalue weighted by Gasteiger charge is 1.98. The molecule has 2 heteroatoms. The predicted octanol–water partition coefficient (Wildman–Crippen LogP) is 1.31. The second kappa shape index (κ2) is 3.49. The summed E-state index contributed by atoms with van der Waals surface area (Å²) in [5.74, 6) is 0. The van der Waals surface area contributed by atoms with E-state index in [-0.39, 0.29) is 6.10 Å². The third kappa shape index (κ3) is 2.68. The summed E-state index contributed by atoms with van der Waals surface area (Å²) in [4.78, 5) is 4.03. The van der Waals surface area contributed by atoms with Gasteiger partial charge >= 0.3 is 0 Å². The molecule has 1 aromatic rings. The molecule has 0 saturated carbocycles. The van der Waals surface area contributed by atoms with Crippen LogP contribution in [0.3, 0.4) is 0 Å². The summed E-state index contributed by atoms with van der Waals surface area (Å²) < 4.78 is 0. The van der Waals surface area contributed by atoms with Gasteiger partial charge in [-0.05, 0) is 31.4 Å². The quantitative estimate of drug-likeness (QED) is 0.691. The maximum atomic E-state index is 9.07. The largest absolute Gasteiger partial charge is 0.393 e. The molecule has 0 unspecified atom stereocenters. The van der Waals surface area contributed by atoms with Gasteiger partial charge < -0.3 is 5.11 Å². The Balaban J connectivity index is 2.71. The molecular weight excluding hydrogens is 138 g/mol. The molecule has 0 aliphatic rings. The first-order valence-electron chi connectivity index (χ1n) is 3.77. The fourth-order valence-corrected chi connectivity index (χ4v) is 1.07. The summed E-state index contributed by atoms with van der Waals surface area (Å²) in [6, 6.07) is 2.04. The lowest BCUT2D eigenvalue weighted by atomic mass is 10.1. The van der Waals surface area contributed by atoms with E-state index in [2.05, 4.69) is 4.98 Å². The van der Waals surface area contributed by atoms with E-state index in [9.17, 15) is 0 Å². The number of aliphatic hydroxyl groups is 1. The lowest BCUT2D eigenvalue weighted by molar-refractivity contribution is 0.195. The molecule has 1 N–H and O–H groups in total. The molecule has 0 aliphatic heterocycles. The molecule has 0 bridgehead atoms. The highest BCUT2D eigenvalue weighted by atomic mass is 16.3. The van der Waals surface area contributed by atoms with Gasteiger partial charge in [0.15, 0.2) is 0 Å². The van der Waals surface area contributed by atoms with E-state index in [0.29, 0.717) is 6.42 Å². The summed E-state index contributed by atoms with van der Waals surface area (Å²) in [6.45, 7) is 3.78. The van der Waals surface area contributed by atoms with Gasteiger partial charge in [0, 0.05) is 12.4 Å². The van der Waals surface area contributed by atoms with Gasteiger partial charge in [-0.1, -0.05) is 6.07 Å². The number of hydrogen-bond donors (Lipinski definition) is 1. The SMILES string of the molecule is Cc1cncc(C[C@H](C)O)c1. The third-order valence-corrected chi connectivity index (χ3v) is 1.46. The molecule has 2 nitrogen and oxygen atoms in total. The Morgan fingerprint density at radius 2 is 2.27 bits per heavy atom. The van der Waals surface area contributed by atoms with Crippen LogP contribution in [-0.4, -0.2) is 16.2 Å². The van der Waals surface area contributed by atoms with Crippen LogP contribution < -0.4 is 0 Å². The van der Waals surface area contributed by atoms with Crippen molar-refractivity contribution in [2.24, 2.45) is 0 Å². The Labute approximate surface area is 66.9 Å². The number of aromatic nitrogens is 1. The van der Waals surface area contributed by atoms with Crippen molar-refractivity contribution < 1.29 is 5.11 Å². The number of pyridine rings is 1. The van der Waals surface area contributed by atoms with Crippen molar-refractivity contribution in [3.8, 4) is 0 Å². The summed E-state index contributed by atoms with van der Waals surface area (Å²) in [6.07, 6.45) is 4.01. The molecule has 0 saturated heterocycles. The summed E-state index contributed by atoms with van der Waals surface area (Å²) in [5, 5.41) is 9.07. The Hall–Kier alpha value is -0.890. The minimum atomic E-state index is -0.279. The molecule has 11 heavy (non-hydrogen) atoms. The fourth-order valence-electron chi connectivity index (χ4n) is 1.07. The first-order valence-corrected chi connectivity index (χ1v) is 3.77. The first kappa shape index (κ1) is 8.21. The van der Waals surface area contributed by atoms with E-state index in [0.717, 1.165) is 11.1 Å². The number of aliphatic hydroxyl groups excluding tert-OH is 1. The molecular formula is C9H13NO. The maximum Gasteiger partial charge on any atom is 0.0553 e. The zero-order valence-corrected chi connectivity index (χ0v) is 6.91. The molecule has 1 aromatic heterocycles. The van der Waals surface area contributed by atoms with Crippen LogP contribution in [-0.2, 0) is 6.42 Å². The monoisotopic (exact) mass is 151 g/mol. The van der Waals surface area contributed by atoms with E-state index in [1.807, 2.05) is 19.2 Å². The predicted molar refractivity (Wildman–Crippen MR) is 44.4 cm³/mol. The van der Waals surface area contributed by atoms with Crippen molar-refractivity contribution in [2.45, 2.75) is 26.4 Å². The second-order valence-corrected chi connectivity index (χ2v) is 2.92. The number of rotatable bonds is 2. The van der Waals surface area contributed by atoms with Gasteiger partial charge in [-0.25, -0.2) is 0 Å². The van der Waals surface area contributed by atoms with E-state index in [1.165, 1.54) is 0 Å². The average Bonchev–Trinajstić information content (AvgIpc) is 1.85. The molecule has 0 aromatic carbocycles. The van der Waals surface area contributed by atoms with Crippen molar-refractivity contribution in [3.05, 3.63) is 29.6 Å². The van der Waals surface area contributed by atoms with Gasteiger partial charge in [-0.15, -0.1) is 0 Å². The number of hydrogen-bond acceptors (Lipinski definition) is 2. The van der Waals surface area contributed by atoms with Crippen molar-refractivity contribution in [1.82, 2.24) is 4.98 Å². The molecule has 0 fully saturated rings. The smallest absolute Gasteiger partial charge is 0.0553 e. The van der Waals surface area contributed by atoms with Crippen molar-refractivity contribution in [2.75, 3.05) is 0 Å². The van der Waals surface area contributed by atoms with Crippen molar-refractivity contribution >= 4 is 0 Å². The minimum absolute atomic E-state index is 0.279. The van der Waals surface area contributed by atoms with E-state index in [1.54, 1.807) is 13.1 Å². The lowest BCUT2D eigenvalue weighted by Gasteiger charge is -2.03. The van der Waals surface area contributed by atoms with Crippen LogP contribution in [0, 0.1) is 6.92 Å². The van der Waals surface area contributed by atoms with Gasteiger partial charge in [-0.2, -0.15) is 0 Å². The van der Waals surface area contributed by atoms with Crippen molar-refractivity contribution in [1.29, 1.82) is 0 Å². The number of nitrogens with zero attached hydrogens (tertiary/aromatic N) is 1. The standard InChI is InChI=1S/C9H13NO/c1-7-3-9(4-8(2)11)6-10-5-7/h3,5-6,8,11H,4H2,1-2H3/t8-/m0/s1. The summed E-state index contributed by atoms with van der Waals surface area (Å²) in [5.41, 5.74) is 2.24. The van der Waals surface area contributed by atoms with E-state index in [4.69, 9.17) is 5.11 Å². The molecule has 60 valence electrons. The zero-order valence-electron chi connectivity index (χ0n) is 6.91. The highest BCUT2D eigenvalue weighted by Crippen LogP contribution is 2.03. The topological polar surface area (TPSA) is 33.1 Å². The Morgan fingerprint density at radius 3 is 2.82 bits per heavy atom. The Kier molecular flexibility index (Phi) is 2.60. The van der Waals surface area contributed by atoms with Gasteiger partial charge in [0.1, 0.15) is 0 Å². The van der Waals surface area contributed by atoms with Crippen molar-refractivity contribution in [3.63, 3.8) is 0 Å². The highest BCUT2D eigenvalue weighted by molar-refractivity contribution is 5.16. The Bertz CT molecular complexity index is 233. The third-order valence-electron chi connectivity index (χ3n) is 1.46. The molecule has 0 aliphatic carbocycles. The van der Waals surface area contributed by atoms with Gasteiger partial charge in [0.25, 0.3) is 0 Å². The maximum absolute atomic E-state index is 9.07. The molecule has 0 radical (unpaired) electrons. The number of aryl methyl sites for hydroxylation is 1. The van der Waals surface area contributed by atoms with Crippen LogP contribution in [0.5, 0.6) is 0 Å². The van der Waals surface area contributed by atoms with Crippen LogP contribution in [0.2, 0.25) is 0 Å². The average molecular weight is 151 g/mol.